The first kappa shape index (κ1) is 18.0. The molecular weight excluding hydrogens is 315 g/mol. The third-order valence-corrected chi connectivity index (χ3v) is 4.59. The summed E-state index contributed by atoms with van der Waals surface area (Å²) in [6, 6.07) is 0. The Balaban J connectivity index is 1.90. The lowest BCUT2D eigenvalue weighted by atomic mass is 9.94. The molecule has 23 heavy (non-hydrogen) atoms. The zero-order valence-electron chi connectivity index (χ0n) is 13.1. The van der Waals surface area contributed by atoms with Crippen molar-refractivity contribution >= 4 is 11.8 Å². The highest BCUT2D eigenvalue weighted by molar-refractivity contribution is 5.81. The molecule has 2 heterocycles. The molecule has 1 atom stereocenters. The highest BCUT2D eigenvalue weighted by Crippen LogP contribution is 2.38. The van der Waals surface area contributed by atoms with E-state index in [1.165, 1.54) is 4.90 Å². The fourth-order valence-corrected chi connectivity index (χ4v) is 2.89. The van der Waals surface area contributed by atoms with Gasteiger partial charge in [0.2, 0.25) is 11.8 Å². The molecule has 1 N–H and O–H groups in total. The fraction of sp³-hybridized carbons (Fsp3) is 0.857. The Morgan fingerprint density at radius 2 is 1.91 bits per heavy atom. The Bertz CT molecular complexity index is 472. The number of amides is 2. The van der Waals surface area contributed by atoms with Crippen LogP contribution in [0.25, 0.3) is 0 Å². The van der Waals surface area contributed by atoms with Crippen LogP contribution in [0.2, 0.25) is 0 Å². The summed E-state index contributed by atoms with van der Waals surface area (Å²) in [6.45, 7) is 1.32. The van der Waals surface area contributed by atoms with E-state index in [0.29, 0.717) is 13.1 Å². The molecule has 6 nitrogen and oxygen atoms in total. The molecule has 132 valence electrons. The first-order chi connectivity index (χ1) is 10.6. The molecule has 0 saturated carbocycles. The predicted molar refractivity (Wildman–Crippen MR) is 75.5 cm³/mol. The van der Waals surface area contributed by atoms with Crippen LogP contribution in [-0.2, 0) is 9.59 Å². The van der Waals surface area contributed by atoms with Crippen LogP contribution in [0, 0.1) is 0 Å². The zero-order chi connectivity index (χ0) is 17.3. The van der Waals surface area contributed by atoms with Crippen LogP contribution >= 0.6 is 0 Å². The molecule has 2 amide bonds. The lowest BCUT2D eigenvalue weighted by molar-refractivity contribution is -0.263. The number of rotatable bonds is 2. The Hall–Kier alpha value is -1.35. The zero-order valence-corrected chi connectivity index (χ0v) is 13.1. The third-order valence-electron chi connectivity index (χ3n) is 4.59. The smallest absolute Gasteiger partial charge is 0.380 e. The molecule has 2 fully saturated rings. The first-order valence-electron chi connectivity index (χ1n) is 7.65. The van der Waals surface area contributed by atoms with E-state index in [1.807, 2.05) is 0 Å². The molecule has 9 heteroatoms. The van der Waals surface area contributed by atoms with Gasteiger partial charge in [0, 0.05) is 39.6 Å². The molecule has 2 aliphatic rings. The summed E-state index contributed by atoms with van der Waals surface area (Å²) >= 11 is 0. The van der Waals surface area contributed by atoms with Gasteiger partial charge in [0.05, 0.1) is 13.1 Å². The molecule has 1 unspecified atom stereocenters. The van der Waals surface area contributed by atoms with Crippen molar-refractivity contribution in [1.29, 1.82) is 0 Å². The number of halogens is 3. The van der Waals surface area contributed by atoms with Gasteiger partial charge in [0.1, 0.15) is 0 Å². The van der Waals surface area contributed by atoms with Gasteiger partial charge in [-0.2, -0.15) is 13.2 Å². The van der Waals surface area contributed by atoms with Gasteiger partial charge in [-0.15, -0.1) is 0 Å². The third kappa shape index (κ3) is 4.14. The lowest BCUT2D eigenvalue weighted by Gasteiger charge is -2.33. The van der Waals surface area contributed by atoms with Crippen molar-refractivity contribution in [2.75, 3.05) is 46.3 Å². The van der Waals surface area contributed by atoms with Crippen molar-refractivity contribution in [2.24, 2.45) is 0 Å². The Morgan fingerprint density at radius 1 is 1.22 bits per heavy atom. The quantitative estimate of drug-likeness (QED) is 0.774. The van der Waals surface area contributed by atoms with Crippen LogP contribution in [0.3, 0.4) is 0 Å². The summed E-state index contributed by atoms with van der Waals surface area (Å²) in [5.41, 5.74) is -2.72. The van der Waals surface area contributed by atoms with Gasteiger partial charge in [-0.3, -0.25) is 14.5 Å². The molecule has 2 rings (SSSR count). The average Bonchev–Trinajstić information content (AvgIpc) is 2.65. The van der Waals surface area contributed by atoms with Crippen LogP contribution in [0.4, 0.5) is 13.2 Å². The predicted octanol–water partition coefficient (Wildman–Crippen LogP) is 0.0663. The number of likely N-dealkylation sites (N-methyl/N-ethyl adjacent to an activating group) is 1. The van der Waals surface area contributed by atoms with Crippen molar-refractivity contribution in [3.63, 3.8) is 0 Å². The Labute approximate surface area is 132 Å². The Morgan fingerprint density at radius 3 is 2.52 bits per heavy atom. The number of piperazine rings is 1. The number of likely N-dealkylation sites (tertiary alicyclic amines) is 1. The normalized spacial score (nSPS) is 28.0. The molecule has 0 aromatic rings. The maximum absolute atomic E-state index is 12.9. The van der Waals surface area contributed by atoms with E-state index in [0.717, 1.165) is 0 Å². The highest BCUT2D eigenvalue weighted by Gasteiger charge is 2.53. The van der Waals surface area contributed by atoms with Crippen LogP contribution in [-0.4, -0.2) is 89.7 Å². The molecule has 0 radical (unpaired) electrons. The molecule has 0 aromatic carbocycles. The molecular formula is C14H22F3N3O3. The molecule has 0 aliphatic carbocycles. The summed E-state index contributed by atoms with van der Waals surface area (Å²) < 4.78 is 38.6. The molecule has 0 aromatic heterocycles. The second-order valence-electron chi connectivity index (χ2n) is 6.29. The second-order valence-corrected chi connectivity index (χ2v) is 6.29. The summed E-state index contributed by atoms with van der Waals surface area (Å²) in [5.74, 6) is -0.375. The number of aliphatic hydroxyl groups is 1. The van der Waals surface area contributed by atoms with Crippen LogP contribution in [0.1, 0.15) is 19.3 Å². The largest absolute Gasteiger partial charge is 0.417 e. The maximum Gasteiger partial charge on any atom is 0.417 e. The minimum Gasteiger partial charge on any atom is -0.380 e. The standard InChI is InChI=1S/C14H22F3N3O3/c1-18-7-8-19(9-11(18)21)10-12(22)20-5-2-3-13(23,4-6-20)14(15,16)17/h23H,2-10H2,1H3. The summed E-state index contributed by atoms with van der Waals surface area (Å²) in [4.78, 5) is 28.5. The molecule has 2 saturated heterocycles. The average molecular weight is 337 g/mol. The number of hydrogen-bond acceptors (Lipinski definition) is 4. The van der Waals surface area contributed by atoms with Crippen molar-refractivity contribution in [2.45, 2.75) is 31.0 Å². The van der Waals surface area contributed by atoms with Gasteiger partial charge < -0.3 is 14.9 Å². The summed E-state index contributed by atoms with van der Waals surface area (Å²) in [7, 11) is 1.69. The van der Waals surface area contributed by atoms with E-state index in [1.54, 1.807) is 16.8 Å². The van der Waals surface area contributed by atoms with Crippen LogP contribution in [0.15, 0.2) is 0 Å². The molecule has 2 aliphatic heterocycles. The van der Waals surface area contributed by atoms with Crippen molar-refractivity contribution < 1.29 is 27.9 Å². The summed E-state index contributed by atoms with van der Waals surface area (Å²) in [6.07, 6.45) is -5.49. The first-order valence-corrected chi connectivity index (χ1v) is 7.65. The minimum absolute atomic E-state index is 0.0179. The number of alkyl halides is 3. The highest BCUT2D eigenvalue weighted by atomic mass is 19.4. The number of hydrogen-bond donors (Lipinski definition) is 1. The molecule has 0 bridgehead atoms. The van der Waals surface area contributed by atoms with E-state index < -0.39 is 24.6 Å². The van der Waals surface area contributed by atoms with Gasteiger partial charge in [0.15, 0.2) is 5.60 Å². The number of carbonyl (C=O) groups is 2. The number of carbonyl (C=O) groups excluding carboxylic acids is 2. The van der Waals surface area contributed by atoms with E-state index in [9.17, 15) is 27.9 Å². The SMILES string of the molecule is CN1CCN(CC(=O)N2CCCC(O)(C(F)(F)F)CC2)CC1=O. The van der Waals surface area contributed by atoms with Crippen molar-refractivity contribution in [1.82, 2.24) is 14.7 Å². The monoisotopic (exact) mass is 337 g/mol. The Kier molecular flexibility index (Phi) is 5.20. The molecule has 0 spiro atoms. The van der Waals surface area contributed by atoms with E-state index in [-0.39, 0.29) is 44.4 Å². The maximum atomic E-state index is 12.9. The van der Waals surface area contributed by atoms with Gasteiger partial charge in [-0.25, -0.2) is 0 Å². The van der Waals surface area contributed by atoms with Gasteiger partial charge in [0.25, 0.3) is 0 Å². The fourth-order valence-electron chi connectivity index (χ4n) is 2.89. The van der Waals surface area contributed by atoms with E-state index in [2.05, 4.69) is 0 Å². The van der Waals surface area contributed by atoms with Crippen LogP contribution in [0.5, 0.6) is 0 Å². The van der Waals surface area contributed by atoms with E-state index >= 15 is 0 Å². The van der Waals surface area contributed by atoms with Gasteiger partial charge in [-0.05, 0) is 12.8 Å². The van der Waals surface area contributed by atoms with Gasteiger partial charge >= 0.3 is 6.18 Å². The van der Waals surface area contributed by atoms with Gasteiger partial charge in [-0.1, -0.05) is 0 Å². The van der Waals surface area contributed by atoms with Crippen LogP contribution < -0.4 is 0 Å². The van der Waals surface area contributed by atoms with Crippen molar-refractivity contribution in [3.8, 4) is 0 Å². The van der Waals surface area contributed by atoms with E-state index in [4.69, 9.17) is 0 Å². The van der Waals surface area contributed by atoms with Crippen molar-refractivity contribution in [3.05, 3.63) is 0 Å². The minimum atomic E-state index is -4.68. The lowest BCUT2D eigenvalue weighted by Crippen LogP contribution is -2.52. The summed E-state index contributed by atoms with van der Waals surface area (Å²) in [5, 5.41) is 9.75. The number of nitrogens with zero attached hydrogens (tertiary/aromatic N) is 3. The second kappa shape index (κ2) is 6.64. The topological polar surface area (TPSA) is 64.1 Å².